The number of phenolic OH excluding ortho intramolecular Hbond substituents is 1. The average Bonchev–Trinajstić information content (AvgIpc) is 3.43. The lowest BCUT2D eigenvalue weighted by Gasteiger charge is -2.59. The summed E-state index contributed by atoms with van der Waals surface area (Å²) in [5, 5.41) is 18.9. The van der Waals surface area contributed by atoms with Gasteiger partial charge in [-0.25, -0.2) is 4.79 Å². The van der Waals surface area contributed by atoms with E-state index >= 15 is 0 Å². The highest BCUT2D eigenvalue weighted by Gasteiger charge is 2.55. The first-order valence-corrected chi connectivity index (χ1v) is 19.7. The number of nitrogen functional groups attached to an aromatic ring is 1. The summed E-state index contributed by atoms with van der Waals surface area (Å²) in [4.78, 5) is 34.3. The Morgan fingerprint density at radius 3 is 2.25 bits per heavy atom. The van der Waals surface area contributed by atoms with E-state index in [0.29, 0.717) is 54.6 Å². The van der Waals surface area contributed by atoms with Gasteiger partial charge in [0, 0.05) is 80.5 Å². The Labute approximate surface area is 321 Å². The molecule has 2 unspecified atom stereocenters. The van der Waals surface area contributed by atoms with E-state index in [0.717, 1.165) is 81.7 Å². The minimum absolute atomic E-state index is 0.0396. The second-order valence-electron chi connectivity index (χ2n) is 16.3. The van der Waals surface area contributed by atoms with Crippen molar-refractivity contribution in [3.8, 4) is 22.8 Å². The van der Waals surface area contributed by atoms with Crippen molar-refractivity contribution in [3.05, 3.63) is 90.5 Å². The molecule has 5 fully saturated rings. The molecule has 55 heavy (non-hydrogen) atoms. The van der Waals surface area contributed by atoms with Crippen molar-refractivity contribution in [2.45, 2.75) is 69.7 Å². The number of benzene rings is 3. The molecule has 4 aliphatic heterocycles. The summed E-state index contributed by atoms with van der Waals surface area (Å²) in [6.45, 7) is 4.70. The predicted molar refractivity (Wildman–Crippen MR) is 210 cm³/mol. The maximum atomic E-state index is 13.2. The van der Waals surface area contributed by atoms with Gasteiger partial charge in [-0.1, -0.05) is 48.5 Å². The van der Waals surface area contributed by atoms with Gasteiger partial charge in [0.15, 0.2) is 5.82 Å². The van der Waals surface area contributed by atoms with Crippen LogP contribution >= 0.6 is 0 Å². The van der Waals surface area contributed by atoms with Crippen molar-refractivity contribution in [1.29, 1.82) is 0 Å². The lowest BCUT2D eigenvalue weighted by Crippen LogP contribution is -2.73. The van der Waals surface area contributed by atoms with E-state index in [2.05, 4.69) is 44.3 Å². The number of fused-ring (bicyclic) bond motifs is 2. The van der Waals surface area contributed by atoms with E-state index in [-0.39, 0.29) is 35.9 Å². The number of nitrogens with two attached hydrogens (primary N) is 1. The fourth-order valence-corrected chi connectivity index (χ4v) is 9.57. The number of likely N-dealkylation sites (tertiary alicyclic amines) is 2. The number of carbonyl (C=O) groups is 2. The first-order chi connectivity index (χ1) is 26.8. The first-order valence-electron chi connectivity index (χ1n) is 19.7. The molecule has 2 amide bonds. The number of phenols is 1. The Morgan fingerprint density at radius 1 is 0.800 bits per heavy atom. The predicted octanol–water partition coefficient (Wildman–Crippen LogP) is 6.10. The Morgan fingerprint density at radius 2 is 1.51 bits per heavy atom. The number of hydrogen-bond acceptors (Lipinski definition) is 10. The van der Waals surface area contributed by atoms with Crippen LogP contribution in [0, 0.1) is 11.3 Å². The summed E-state index contributed by atoms with van der Waals surface area (Å²) in [6.07, 6.45) is 6.52. The van der Waals surface area contributed by atoms with Crippen LogP contribution < -0.4 is 20.3 Å². The summed E-state index contributed by atoms with van der Waals surface area (Å²) < 4.78 is 12.1. The molecule has 1 spiro atoms. The normalized spacial score (nSPS) is 23.9. The molecule has 2 atom stereocenters. The zero-order valence-corrected chi connectivity index (χ0v) is 31.1. The third-order valence-corrected chi connectivity index (χ3v) is 12.4. The Kier molecular flexibility index (Phi) is 9.35. The van der Waals surface area contributed by atoms with E-state index in [1.165, 1.54) is 5.69 Å². The van der Waals surface area contributed by atoms with Gasteiger partial charge in [-0.3, -0.25) is 4.79 Å². The molecule has 3 N–H and O–H groups in total. The van der Waals surface area contributed by atoms with Crippen LogP contribution in [0.15, 0.2) is 84.9 Å². The fraction of sp³-hybridized carbons (Fsp3) is 0.442. The third kappa shape index (κ3) is 7.22. The van der Waals surface area contributed by atoms with Crippen LogP contribution in [0.1, 0.15) is 50.5 Å². The van der Waals surface area contributed by atoms with Gasteiger partial charge in [0.25, 0.3) is 0 Å². The highest BCUT2D eigenvalue weighted by atomic mass is 16.6. The zero-order valence-electron chi connectivity index (χ0n) is 31.1. The van der Waals surface area contributed by atoms with Crippen molar-refractivity contribution in [2.24, 2.45) is 11.3 Å². The van der Waals surface area contributed by atoms with E-state index in [9.17, 15) is 14.7 Å². The van der Waals surface area contributed by atoms with Crippen LogP contribution in [0.2, 0.25) is 0 Å². The minimum atomic E-state index is -0.276. The summed E-state index contributed by atoms with van der Waals surface area (Å²) in [5.41, 5.74) is 10.7. The highest BCUT2D eigenvalue weighted by Crippen LogP contribution is 2.42. The molecular formula is C43H49N7O5. The maximum absolute atomic E-state index is 13.2. The van der Waals surface area contributed by atoms with E-state index in [1.807, 2.05) is 53.4 Å². The van der Waals surface area contributed by atoms with Crippen molar-refractivity contribution >= 4 is 29.2 Å². The molecule has 9 rings (SSSR count). The number of ether oxygens (including phenoxy) is 2. The number of aromatic hydroxyl groups is 1. The molecule has 4 saturated heterocycles. The van der Waals surface area contributed by atoms with Gasteiger partial charge in [0.1, 0.15) is 18.1 Å². The van der Waals surface area contributed by atoms with Gasteiger partial charge in [-0.05, 0) is 80.3 Å². The summed E-state index contributed by atoms with van der Waals surface area (Å²) in [6, 6.07) is 28.0. The standard InChI is InChI=1S/C43H49N7O5/c44-41-38(21-37(45-46-41)36-11-4-5-12-39(36)51)47-22-32-15-16-33(23-47)50(32)31-9-6-10-35(20-31)55-34-17-13-29(14-18-34)19-40(52)48-25-43(26-48)27-49(28-43)42(53)54-24-30-7-2-1-3-8-30/h1-12,20-21,29,32-34,51H,13-19,22-28H2,(H2,44,46). The van der Waals surface area contributed by atoms with E-state index in [4.69, 9.17) is 15.2 Å². The lowest BCUT2D eigenvalue weighted by atomic mass is 9.72. The minimum Gasteiger partial charge on any atom is -0.507 e. The van der Waals surface area contributed by atoms with E-state index in [1.54, 1.807) is 17.0 Å². The quantitative estimate of drug-likeness (QED) is 0.207. The zero-order chi connectivity index (χ0) is 37.5. The number of anilines is 3. The van der Waals surface area contributed by atoms with Crippen LogP contribution in [0.25, 0.3) is 11.3 Å². The molecular weight excluding hydrogens is 695 g/mol. The molecule has 1 aliphatic carbocycles. The fourth-order valence-electron chi connectivity index (χ4n) is 9.57. The molecule has 286 valence electrons. The monoisotopic (exact) mass is 743 g/mol. The number of piperazine rings is 1. The first kappa shape index (κ1) is 35.2. The average molecular weight is 744 g/mol. The molecule has 0 radical (unpaired) electrons. The molecule has 1 aromatic heterocycles. The van der Waals surface area contributed by atoms with Crippen LogP contribution in [-0.2, 0) is 16.1 Å². The van der Waals surface area contributed by atoms with Crippen LogP contribution in [0.4, 0.5) is 22.0 Å². The smallest absolute Gasteiger partial charge is 0.410 e. The Balaban J connectivity index is 0.729. The summed E-state index contributed by atoms with van der Waals surface area (Å²) in [5.74, 6) is 2.09. The number of aromatic nitrogens is 2. The SMILES string of the molecule is Nc1nnc(-c2ccccc2O)cc1N1CC2CCC(C1)N2c1cccc(OC2CCC(CC(=O)N3CC4(C3)CN(C(=O)OCc3ccccc3)C4)CC2)c1. The number of amides is 2. The summed E-state index contributed by atoms with van der Waals surface area (Å²) >= 11 is 0. The second-order valence-corrected chi connectivity index (χ2v) is 16.3. The second kappa shape index (κ2) is 14.6. The molecule has 1 saturated carbocycles. The largest absolute Gasteiger partial charge is 0.507 e. The van der Waals surface area contributed by atoms with Crippen molar-refractivity contribution in [1.82, 2.24) is 20.0 Å². The molecule has 5 heterocycles. The topological polar surface area (TPSA) is 138 Å². The van der Waals surface area contributed by atoms with Gasteiger partial charge in [0.05, 0.1) is 17.5 Å². The van der Waals surface area contributed by atoms with Gasteiger partial charge in [-0.15, -0.1) is 10.2 Å². The van der Waals surface area contributed by atoms with Crippen molar-refractivity contribution in [2.75, 3.05) is 54.8 Å². The van der Waals surface area contributed by atoms with Crippen LogP contribution in [-0.4, -0.2) is 94.6 Å². The van der Waals surface area contributed by atoms with Gasteiger partial charge in [-0.2, -0.15) is 0 Å². The number of para-hydroxylation sites is 1. The number of carbonyl (C=O) groups excluding carboxylic acids is 2. The van der Waals surface area contributed by atoms with Crippen molar-refractivity contribution < 1.29 is 24.2 Å². The number of rotatable bonds is 9. The molecule has 3 aromatic carbocycles. The highest BCUT2D eigenvalue weighted by molar-refractivity contribution is 5.78. The third-order valence-electron chi connectivity index (χ3n) is 12.4. The lowest BCUT2D eigenvalue weighted by molar-refractivity contribution is -0.157. The summed E-state index contributed by atoms with van der Waals surface area (Å²) in [7, 11) is 0. The Hall–Kier alpha value is -5.52. The maximum Gasteiger partial charge on any atom is 0.410 e. The Bertz CT molecular complexity index is 2010. The molecule has 4 aromatic rings. The van der Waals surface area contributed by atoms with E-state index < -0.39 is 0 Å². The number of hydrogen-bond donors (Lipinski definition) is 2. The molecule has 5 aliphatic rings. The van der Waals surface area contributed by atoms with Gasteiger partial charge in [0.2, 0.25) is 5.91 Å². The molecule has 12 nitrogen and oxygen atoms in total. The van der Waals surface area contributed by atoms with Gasteiger partial charge >= 0.3 is 6.09 Å². The van der Waals surface area contributed by atoms with Gasteiger partial charge < -0.3 is 39.9 Å². The van der Waals surface area contributed by atoms with Crippen LogP contribution in [0.3, 0.4) is 0 Å². The van der Waals surface area contributed by atoms with Crippen molar-refractivity contribution in [3.63, 3.8) is 0 Å². The molecule has 12 heteroatoms. The number of nitrogens with zero attached hydrogens (tertiary/aromatic N) is 6. The molecule has 2 bridgehead atoms. The van der Waals surface area contributed by atoms with Crippen LogP contribution in [0.5, 0.6) is 11.5 Å².